The smallest absolute Gasteiger partial charge is 0.273 e. The fraction of sp³-hybridized carbons (Fsp3) is 0.167. The van der Waals surface area contributed by atoms with E-state index in [4.69, 9.17) is 4.42 Å². The van der Waals surface area contributed by atoms with Crippen molar-refractivity contribution in [1.29, 1.82) is 0 Å². The highest BCUT2D eigenvalue weighted by molar-refractivity contribution is 5.70. The second-order valence-electron chi connectivity index (χ2n) is 3.64. The number of hydrogen-bond acceptors (Lipinski definition) is 3. The second kappa shape index (κ2) is 3.81. The van der Waals surface area contributed by atoms with Crippen molar-refractivity contribution in [3.63, 3.8) is 0 Å². The van der Waals surface area contributed by atoms with E-state index in [0.29, 0.717) is 11.3 Å². The van der Waals surface area contributed by atoms with E-state index in [1.165, 1.54) is 6.07 Å². The van der Waals surface area contributed by atoms with Crippen LogP contribution in [0.2, 0.25) is 0 Å². The summed E-state index contributed by atoms with van der Waals surface area (Å²) in [7, 11) is 0. The summed E-state index contributed by atoms with van der Waals surface area (Å²) in [5.41, 5.74) is 2.54. The van der Waals surface area contributed by atoms with E-state index in [1.807, 2.05) is 6.92 Å². The molecule has 16 heavy (non-hydrogen) atoms. The van der Waals surface area contributed by atoms with Crippen molar-refractivity contribution in [3.8, 4) is 11.3 Å². The van der Waals surface area contributed by atoms with Gasteiger partial charge in [-0.05, 0) is 31.5 Å². The van der Waals surface area contributed by atoms with E-state index in [2.05, 4.69) is 0 Å². The molecule has 0 spiro atoms. The summed E-state index contributed by atoms with van der Waals surface area (Å²) in [6.45, 7) is 3.65. The summed E-state index contributed by atoms with van der Waals surface area (Å²) in [4.78, 5) is 10.5. The van der Waals surface area contributed by atoms with Gasteiger partial charge in [0.25, 0.3) is 5.69 Å². The van der Waals surface area contributed by atoms with Gasteiger partial charge < -0.3 is 4.42 Å². The van der Waals surface area contributed by atoms with Crippen LogP contribution in [0.25, 0.3) is 11.3 Å². The van der Waals surface area contributed by atoms with E-state index < -0.39 is 0 Å². The van der Waals surface area contributed by atoms with Gasteiger partial charge in [-0.2, -0.15) is 0 Å². The van der Waals surface area contributed by atoms with Crippen LogP contribution in [0.1, 0.15) is 11.1 Å². The molecule has 82 valence electrons. The Labute approximate surface area is 92.7 Å². The van der Waals surface area contributed by atoms with Crippen molar-refractivity contribution < 1.29 is 9.34 Å². The average Bonchev–Trinajstić information content (AvgIpc) is 2.70. The Morgan fingerprint density at radius 1 is 1.25 bits per heavy atom. The molecule has 0 fully saturated rings. The maximum atomic E-state index is 10.8. The molecule has 0 saturated carbocycles. The molecule has 0 aliphatic carbocycles. The number of nitrogens with zero attached hydrogens (tertiary/aromatic N) is 1. The largest absolute Gasteiger partial charge is 0.464 e. The third kappa shape index (κ3) is 1.58. The van der Waals surface area contributed by atoms with Crippen molar-refractivity contribution in [2.24, 2.45) is 0 Å². The molecule has 2 aromatic rings. The number of rotatable bonds is 2. The molecule has 0 radical (unpaired) electrons. The quantitative estimate of drug-likeness (QED) is 0.571. The van der Waals surface area contributed by atoms with Gasteiger partial charge in [0, 0.05) is 17.2 Å². The van der Waals surface area contributed by atoms with E-state index in [0.717, 1.165) is 11.1 Å². The maximum absolute atomic E-state index is 10.8. The molecule has 0 atom stereocenters. The molecule has 0 unspecified atom stereocenters. The van der Waals surface area contributed by atoms with Gasteiger partial charge in [-0.3, -0.25) is 10.1 Å². The van der Waals surface area contributed by atoms with Gasteiger partial charge in [0.15, 0.2) is 0 Å². The molecule has 1 aromatic heterocycles. The first-order chi connectivity index (χ1) is 7.61. The van der Waals surface area contributed by atoms with Crippen LogP contribution >= 0.6 is 0 Å². The summed E-state index contributed by atoms with van der Waals surface area (Å²) in [6.07, 6.45) is 1.56. The van der Waals surface area contributed by atoms with Crippen LogP contribution in [0.5, 0.6) is 0 Å². The van der Waals surface area contributed by atoms with Crippen molar-refractivity contribution in [3.05, 3.63) is 51.8 Å². The molecule has 0 aliphatic rings. The molecule has 1 aromatic carbocycles. The Morgan fingerprint density at radius 3 is 2.56 bits per heavy atom. The van der Waals surface area contributed by atoms with Crippen molar-refractivity contribution in [2.45, 2.75) is 13.8 Å². The minimum Gasteiger partial charge on any atom is -0.464 e. The van der Waals surface area contributed by atoms with E-state index in [1.54, 1.807) is 31.4 Å². The molecule has 0 bridgehead atoms. The number of aryl methyl sites for hydroxylation is 1. The fourth-order valence-electron chi connectivity index (χ4n) is 1.83. The SMILES string of the molecule is Cc1ccc([N+](=O)[O-])c(C)c1-c1ccco1. The topological polar surface area (TPSA) is 56.3 Å². The van der Waals surface area contributed by atoms with Crippen LogP contribution in [0.15, 0.2) is 34.9 Å². The summed E-state index contributed by atoms with van der Waals surface area (Å²) >= 11 is 0. The normalized spacial score (nSPS) is 10.4. The Balaban J connectivity index is 2.69. The first kappa shape index (κ1) is 10.4. The molecule has 1 heterocycles. The Bertz CT molecular complexity index is 529. The van der Waals surface area contributed by atoms with E-state index in [9.17, 15) is 10.1 Å². The Hall–Kier alpha value is -2.10. The summed E-state index contributed by atoms with van der Waals surface area (Å²) in [5, 5.41) is 10.8. The summed E-state index contributed by atoms with van der Waals surface area (Å²) in [6, 6.07) is 6.84. The Morgan fingerprint density at radius 2 is 2.00 bits per heavy atom. The fourth-order valence-corrected chi connectivity index (χ4v) is 1.83. The Kier molecular flexibility index (Phi) is 2.48. The lowest BCUT2D eigenvalue weighted by molar-refractivity contribution is -0.385. The van der Waals surface area contributed by atoms with Gasteiger partial charge in [0.05, 0.1) is 11.2 Å². The summed E-state index contributed by atoms with van der Waals surface area (Å²) < 4.78 is 5.29. The number of benzene rings is 1. The van der Waals surface area contributed by atoms with Crippen LogP contribution in [-0.4, -0.2) is 4.92 Å². The van der Waals surface area contributed by atoms with Crippen LogP contribution in [0.3, 0.4) is 0 Å². The van der Waals surface area contributed by atoms with Crippen LogP contribution in [-0.2, 0) is 0 Å². The maximum Gasteiger partial charge on any atom is 0.273 e. The third-order valence-corrected chi connectivity index (χ3v) is 2.61. The van der Waals surface area contributed by atoms with Gasteiger partial charge in [-0.25, -0.2) is 0 Å². The molecule has 4 heteroatoms. The molecule has 2 rings (SSSR count). The van der Waals surface area contributed by atoms with Gasteiger partial charge in [-0.1, -0.05) is 6.07 Å². The molecule has 0 amide bonds. The monoisotopic (exact) mass is 217 g/mol. The number of hydrogen-bond donors (Lipinski definition) is 0. The van der Waals surface area contributed by atoms with Crippen molar-refractivity contribution in [2.75, 3.05) is 0 Å². The molecule has 0 saturated heterocycles. The minimum atomic E-state index is -0.374. The van der Waals surface area contributed by atoms with Gasteiger partial charge in [0.2, 0.25) is 0 Å². The highest BCUT2D eigenvalue weighted by Crippen LogP contribution is 2.32. The first-order valence-electron chi connectivity index (χ1n) is 4.89. The minimum absolute atomic E-state index is 0.122. The average molecular weight is 217 g/mol. The highest BCUT2D eigenvalue weighted by atomic mass is 16.6. The van der Waals surface area contributed by atoms with E-state index in [-0.39, 0.29) is 10.6 Å². The van der Waals surface area contributed by atoms with Crippen molar-refractivity contribution >= 4 is 5.69 Å². The predicted octanol–water partition coefficient (Wildman–Crippen LogP) is 3.47. The van der Waals surface area contributed by atoms with Crippen LogP contribution in [0, 0.1) is 24.0 Å². The van der Waals surface area contributed by atoms with Crippen molar-refractivity contribution in [1.82, 2.24) is 0 Å². The predicted molar refractivity (Wildman–Crippen MR) is 60.3 cm³/mol. The lowest BCUT2D eigenvalue weighted by Gasteiger charge is -2.07. The molecular weight excluding hydrogens is 206 g/mol. The van der Waals surface area contributed by atoms with Gasteiger partial charge in [-0.15, -0.1) is 0 Å². The van der Waals surface area contributed by atoms with Gasteiger partial charge >= 0.3 is 0 Å². The zero-order chi connectivity index (χ0) is 11.7. The lowest BCUT2D eigenvalue weighted by atomic mass is 9.99. The molecule has 4 nitrogen and oxygen atoms in total. The number of furan rings is 1. The highest BCUT2D eigenvalue weighted by Gasteiger charge is 2.17. The molecular formula is C12H11NO3. The second-order valence-corrected chi connectivity index (χ2v) is 3.64. The van der Waals surface area contributed by atoms with Crippen LogP contribution < -0.4 is 0 Å². The molecule has 0 N–H and O–H groups in total. The molecule has 0 aliphatic heterocycles. The lowest BCUT2D eigenvalue weighted by Crippen LogP contribution is -1.95. The number of nitro groups is 1. The third-order valence-electron chi connectivity index (χ3n) is 2.61. The number of nitro benzene ring substituents is 1. The van der Waals surface area contributed by atoms with Crippen LogP contribution in [0.4, 0.5) is 5.69 Å². The summed E-state index contributed by atoms with van der Waals surface area (Å²) in [5.74, 6) is 0.665. The first-order valence-corrected chi connectivity index (χ1v) is 4.89. The zero-order valence-electron chi connectivity index (χ0n) is 9.06. The standard InChI is InChI=1S/C12H11NO3/c1-8-5-6-10(13(14)15)9(2)12(8)11-4-3-7-16-11/h3-7H,1-2H3. The van der Waals surface area contributed by atoms with Gasteiger partial charge in [0.1, 0.15) is 5.76 Å². The zero-order valence-corrected chi connectivity index (χ0v) is 9.06. The van der Waals surface area contributed by atoms with E-state index >= 15 is 0 Å².